The molecule has 0 bridgehead atoms. The molecule has 13 heavy (non-hydrogen) atoms. The molecule has 0 aliphatic rings. The molecule has 0 saturated carbocycles. The van der Waals surface area contributed by atoms with Gasteiger partial charge < -0.3 is 15.6 Å². The zero-order valence-electron chi connectivity index (χ0n) is 7.11. The van der Waals surface area contributed by atoms with Crippen molar-refractivity contribution in [2.24, 2.45) is 5.73 Å². The van der Waals surface area contributed by atoms with Crippen molar-refractivity contribution in [2.75, 3.05) is 13.2 Å². The Balaban J connectivity index is 2.41. The van der Waals surface area contributed by atoms with Gasteiger partial charge >= 0.3 is 0 Å². The molecule has 3 N–H and O–H groups in total. The molecule has 0 unspecified atom stereocenters. The maximum atomic E-state index is 9.11. The molecular formula is C9H12BrNO2. The first kappa shape index (κ1) is 10.5. The van der Waals surface area contributed by atoms with E-state index in [0.29, 0.717) is 0 Å². The number of hydrogen-bond donors (Lipinski definition) is 2. The molecule has 72 valence electrons. The van der Waals surface area contributed by atoms with Crippen molar-refractivity contribution in [1.82, 2.24) is 0 Å². The summed E-state index contributed by atoms with van der Waals surface area (Å²) in [7, 11) is 0. The summed E-state index contributed by atoms with van der Waals surface area (Å²) in [4.78, 5) is 0. The van der Waals surface area contributed by atoms with E-state index in [1.165, 1.54) is 0 Å². The Bertz CT molecular complexity index is 250. The van der Waals surface area contributed by atoms with E-state index < -0.39 is 6.10 Å². The largest absolute Gasteiger partial charge is 0.491 e. The molecule has 1 atom stereocenters. The number of aliphatic hydroxyl groups is 1. The van der Waals surface area contributed by atoms with Crippen LogP contribution in [0.1, 0.15) is 0 Å². The summed E-state index contributed by atoms with van der Waals surface area (Å²) in [5, 5.41) is 9.11. The average Bonchev–Trinajstić information content (AvgIpc) is 2.16. The molecule has 0 saturated heterocycles. The van der Waals surface area contributed by atoms with Gasteiger partial charge in [0.1, 0.15) is 18.5 Å². The van der Waals surface area contributed by atoms with Crippen molar-refractivity contribution in [3.63, 3.8) is 0 Å². The van der Waals surface area contributed by atoms with Crippen molar-refractivity contribution >= 4 is 15.9 Å². The van der Waals surface area contributed by atoms with Crippen LogP contribution in [-0.4, -0.2) is 24.4 Å². The number of nitrogens with two attached hydrogens (primary N) is 1. The van der Waals surface area contributed by atoms with Crippen LogP contribution in [0.4, 0.5) is 0 Å². The van der Waals surface area contributed by atoms with Crippen LogP contribution in [0.15, 0.2) is 28.7 Å². The fraction of sp³-hybridized carbons (Fsp3) is 0.333. The van der Waals surface area contributed by atoms with Gasteiger partial charge in [-0.2, -0.15) is 0 Å². The Labute approximate surface area is 85.6 Å². The molecule has 0 radical (unpaired) electrons. The summed E-state index contributed by atoms with van der Waals surface area (Å²) in [6.07, 6.45) is -0.594. The van der Waals surface area contributed by atoms with E-state index in [0.717, 1.165) is 10.2 Å². The van der Waals surface area contributed by atoms with Gasteiger partial charge in [-0.05, 0) is 24.3 Å². The Morgan fingerprint density at radius 3 is 2.54 bits per heavy atom. The minimum absolute atomic E-state index is 0.219. The highest BCUT2D eigenvalue weighted by atomic mass is 79.9. The fourth-order valence-electron chi connectivity index (χ4n) is 0.791. The van der Waals surface area contributed by atoms with E-state index in [1.54, 1.807) is 0 Å². The zero-order valence-corrected chi connectivity index (χ0v) is 8.70. The Morgan fingerprint density at radius 1 is 1.38 bits per heavy atom. The average molecular weight is 246 g/mol. The van der Waals surface area contributed by atoms with Crippen LogP contribution in [0.3, 0.4) is 0 Å². The first-order chi connectivity index (χ1) is 6.22. The molecule has 1 aromatic carbocycles. The smallest absolute Gasteiger partial charge is 0.119 e. The molecule has 0 fully saturated rings. The highest BCUT2D eigenvalue weighted by Crippen LogP contribution is 2.15. The van der Waals surface area contributed by atoms with Crippen molar-refractivity contribution in [2.45, 2.75) is 6.10 Å². The van der Waals surface area contributed by atoms with Crippen LogP contribution in [0.25, 0.3) is 0 Å². The predicted molar refractivity (Wildman–Crippen MR) is 54.7 cm³/mol. The van der Waals surface area contributed by atoms with Crippen molar-refractivity contribution in [1.29, 1.82) is 0 Å². The van der Waals surface area contributed by atoms with Gasteiger partial charge in [0.25, 0.3) is 0 Å². The van der Waals surface area contributed by atoms with E-state index >= 15 is 0 Å². The first-order valence-corrected chi connectivity index (χ1v) is 4.78. The van der Waals surface area contributed by atoms with Gasteiger partial charge in [-0.25, -0.2) is 0 Å². The lowest BCUT2D eigenvalue weighted by Crippen LogP contribution is -2.26. The second-order valence-corrected chi connectivity index (χ2v) is 3.57. The van der Waals surface area contributed by atoms with E-state index in [4.69, 9.17) is 15.6 Å². The highest BCUT2D eigenvalue weighted by Gasteiger charge is 2.01. The van der Waals surface area contributed by atoms with Gasteiger partial charge in [0.05, 0.1) is 0 Å². The van der Waals surface area contributed by atoms with E-state index in [1.807, 2.05) is 24.3 Å². The van der Waals surface area contributed by atoms with Crippen LogP contribution in [0.5, 0.6) is 5.75 Å². The Morgan fingerprint density at radius 2 is 2.00 bits per heavy atom. The lowest BCUT2D eigenvalue weighted by Gasteiger charge is -2.09. The molecule has 0 aliphatic heterocycles. The lowest BCUT2D eigenvalue weighted by molar-refractivity contribution is 0.114. The summed E-state index contributed by atoms with van der Waals surface area (Å²) in [5.41, 5.74) is 5.22. The van der Waals surface area contributed by atoms with Crippen molar-refractivity contribution in [3.8, 4) is 5.75 Å². The number of benzene rings is 1. The van der Waals surface area contributed by atoms with Gasteiger partial charge in [-0.15, -0.1) is 0 Å². The number of ether oxygens (including phenoxy) is 1. The number of rotatable bonds is 4. The summed E-state index contributed by atoms with van der Waals surface area (Å²) in [6.45, 7) is 0.453. The normalized spacial score (nSPS) is 12.5. The minimum Gasteiger partial charge on any atom is -0.491 e. The molecule has 1 rings (SSSR count). The van der Waals surface area contributed by atoms with Gasteiger partial charge in [0, 0.05) is 11.0 Å². The monoisotopic (exact) mass is 245 g/mol. The third-order valence-electron chi connectivity index (χ3n) is 1.53. The third kappa shape index (κ3) is 3.76. The van der Waals surface area contributed by atoms with Crippen LogP contribution in [0, 0.1) is 0 Å². The standard InChI is InChI=1S/C9H12BrNO2/c10-7-1-3-9(4-2-7)13-6-8(12)5-11/h1-4,8,12H,5-6,11H2/t8-/m1/s1. The van der Waals surface area contributed by atoms with E-state index in [2.05, 4.69) is 15.9 Å². The number of hydrogen-bond acceptors (Lipinski definition) is 3. The van der Waals surface area contributed by atoms with Gasteiger partial charge in [0.15, 0.2) is 0 Å². The van der Waals surface area contributed by atoms with Crippen LogP contribution >= 0.6 is 15.9 Å². The second kappa shape index (κ2) is 5.21. The highest BCUT2D eigenvalue weighted by molar-refractivity contribution is 9.10. The molecule has 0 aromatic heterocycles. The first-order valence-electron chi connectivity index (χ1n) is 3.99. The SMILES string of the molecule is NC[C@@H](O)COc1ccc(Br)cc1. The number of aliphatic hydroxyl groups excluding tert-OH is 1. The molecule has 1 aromatic rings. The zero-order chi connectivity index (χ0) is 9.68. The molecule has 0 heterocycles. The Hall–Kier alpha value is -0.580. The maximum Gasteiger partial charge on any atom is 0.119 e. The molecule has 4 heteroatoms. The van der Waals surface area contributed by atoms with Gasteiger partial charge in [0.2, 0.25) is 0 Å². The van der Waals surface area contributed by atoms with Crippen LogP contribution in [-0.2, 0) is 0 Å². The Kier molecular flexibility index (Phi) is 4.21. The minimum atomic E-state index is -0.594. The quantitative estimate of drug-likeness (QED) is 0.837. The molecule has 0 spiro atoms. The summed E-state index contributed by atoms with van der Waals surface area (Å²) < 4.78 is 6.26. The maximum absolute atomic E-state index is 9.11. The topological polar surface area (TPSA) is 55.5 Å². The molecule has 3 nitrogen and oxygen atoms in total. The van der Waals surface area contributed by atoms with Crippen molar-refractivity contribution in [3.05, 3.63) is 28.7 Å². The lowest BCUT2D eigenvalue weighted by atomic mass is 10.3. The molecule has 0 aliphatic carbocycles. The molecule has 0 amide bonds. The predicted octanol–water partition coefficient (Wildman–Crippen LogP) is 1.15. The van der Waals surface area contributed by atoms with Gasteiger partial charge in [-0.3, -0.25) is 0 Å². The van der Waals surface area contributed by atoms with E-state index in [-0.39, 0.29) is 13.2 Å². The summed E-state index contributed by atoms with van der Waals surface area (Å²) in [5.74, 6) is 0.732. The summed E-state index contributed by atoms with van der Waals surface area (Å²) in [6, 6.07) is 7.41. The fourth-order valence-corrected chi connectivity index (χ4v) is 1.06. The van der Waals surface area contributed by atoms with Crippen molar-refractivity contribution < 1.29 is 9.84 Å². The van der Waals surface area contributed by atoms with Crippen LogP contribution < -0.4 is 10.5 Å². The summed E-state index contributed by atoms with van der Waals surface area (Å²) >= 11 is 3.31. The van der Waals surface area contributed by atoms with E-state index in [9.17, 15) is 0 Å². The second-order valence-electron chi connectivity index (χ2n) is 2.65. The van der Waals surface area contributed by atoms with Gasteiger partial charge in [-0.1, -0.05) is 15.9 Å². The number of halogens is 1. The van der Waals surface area contributed by atoms with Crippen LogP contribution in [0.2, 0.25) is 0 Å². The molecular weight excluding hydrogens is 234 g/mol. The third-order valence-corrected chi connectivity index (χ3v) is 2.06.